The number of nitrogens with zero attached hydrogens (tertiary/aromatic N) is 2. The number of carbonyl (C=O) groups excluding carboxylic acids is 4. The first-order valence-electron chi connectivity index (χ1n) is 14.8. The quantitative estimate of drug-likeness (QED) is 0.520. The van der Waals surface area contributed by atoms with E-state index in [0.29, 0.717) is 23.5 Å². The Hall–Kier alpha value is -3.68. The number of nitrogens with one attached hydrogen (secondary N) is 2. The minimum atomic E-state index is -0.206. The molecule has 2 N–H and O–H groups in total. The summed E-state index contributed by atoms with van der Waals surface area (Å²) in [6.45, 7) is 2.80. The summed E-state index contributed by atoms with van der Waals surface area (Å²) >= 11 is 0. The number of amides is 4. The number of benzene rings is 2. The first kappa shape index (κ1) is 27.9. The van der Waals surface area contributed by atoms with E-state index in [1.54, 1.807) is 24.3 Å². The Morgan fingerprint density at radius 2 is 1.40 bits per heavy atom. The van der Waals surface area contributed by atoms with Crippen LogP contribution >= 0.6 is 0 Å². The van der Waals surface area contributed by atoms with Gasteiger partial charge in [-0.25, -0.2) is 0 Å². The van der Waals surface area contributed by atoms with Crippen molar-refractivity contribution in [3.8, 4) is 0 Å². The van der Waals surface area contributed by atoms with Crippen molar-refractivity contribution in [2.75, 3.05) is 36.8 Å². The van der Waals surface area contributed by atoms with E-state index in [-0.39, 0.29) is 41.9 Å². The molecule has 1 saturated carbocycles. The largest absolute Gasteiger partial charge is 0.342 e. The molecule has 8 heteroatoms. The summed E-state index contributed by atoms with van der Waals surface area (Å²) in [6, 6.07) is 14.4. The molecule has 2 aromatic carbocycles. The highest BCUT2D eigenvalue weighted by Crippen LogP contribution is 2.29. The van der Waals surface area contributed by atoms with Crippen LogP contribution in [0.4, 0.5) is 11.4 Å². The number of rotatable bonds is 7. The second-order valence-corrected chi connectivity index (χ2v) is 11.4. The second-order valence-electron chi connectivity index (χ2n) is 11.4. The predicted octanol–water partition coefficient (Wildman–Crippen LogP) is 4.86. The fourth-order valence-corrected chi connectivity index (χ4v) is 6.17. The molecular weight excluding hydrogens is 504 g/mol. The summed E-state index contributed by atoms with van der Waals surface area (Å²) in [6.07, 6.45) is 9.23. The van der Waals surface area contributed by atoms with E-state index in [4.69, 9.17) is 0 Å². The Kier molecular flexibility index (Phi) is 9.14. The number of likely N-dealkylation sites (tertiary alicyclic amines) is 2. The van der Waals surface area contributed by atoms with Crippen molar-refractivity contribution >= 4 is 35.0 Å². The van der Waals surface area contributed by atoms with Gasteiger partial charge in [-0.3, -0.25) is 19.2 Å². The van der Waals surface area contributed by atoms with Crippen molar-refractivity contribution in [2.45, 2.75) is 64.2 Å². The van der Waals surface area contributed by atoms with Crippen LogP contribution in [0, 0.1) is 11.8 Å². The Bertz CT molecular complexity index is 1220. The summed E-state index contributed by atoms with van der Waals surface area (Å²) in [5, 5.41) is 5.89. The monoisotopic (exact) mass is 544 g/mol. The molecule has 0 aromatic heterocycles. The van der Waals surface area contributed by atoms with Crippen molar-refractivity contribution in [3.05, 3.63) is 59.7 Å². The van der Waals surface area contributed by atoms with Crippen LogP contribution < -0.4 is 10.6 Å². The standard InChI is InChI=1S/C32H40N4O4/c37-29(33-28-12-6-10-25(21-28)32(40)35-17-4-1-5-18-35)20-23-13-15-27(16-14-23)34-30(38)26-11-7-19-36(22-26)31(39)24-8-2-3-9-24/h6,10,12-16,21,24,26H,1-5,7-9,11,17-20,22H2,(H,33,37)(H,34,38). The Balaban J connectivity index is 1.10. The number of piperidine rings is 2. The fraction of sp³-hybridized carbons (Fsp3) is 0.500. The van der Waals surface area contributed by atoms with Crippen LogP contribution in [0.5, 0.6) is 0 Å². The van der Waals surface area contributed by atoms with E-state index in [1.807, 2.05) is 34.1 Å². The van der Waals surface area contributed by atoms with Crippen LogP contribution in [0.25, 0.3) is 0 Å². The highest BCUT2D eigenvalue weighted by atomic mass is 16.2. The molecule has 8 nitrogen and oxygen atoms in total. The SMILES string of the molecule is O=C(Cc1ccc(NC(=O)C2CCCN(C(=O)C3CCCC3)C2)cc1)Nc1cccc(C(=O)N2CCCCC2)c1. The Labute approximate surface area is 236 Å². The van der Waals surface area contributed by atoms with Gasteiger partial charge < -0.3 is 20.4 Å². The van der Waals surface area contributed by atoms with Gasteiger partial charge in [0.25, 0.3) is 5.91 Å². The third-order valence-electron chi connectivity index (χ3n) is 8.43. The molecule has 0 radical (unpaired) electrons. The molecule has 40 heavy (non-hydrogen) atoms. The van der Waals surface area contributed by atoms with Gasteiger partial charge in [0.2, 0.25) is 17.7 Å². The first-order valence-corrected chi connectivity index (χ1v) is 14.8. The lowest BCUT2D eigenvalue weighted by molar-refractivity contribution is -0.138. The highest BCUT2D eigenvalue weighted by molar-refractivity contribution is 5.98. The number of hydrogen-bond acceptors (Lipinski definition) is 4. The minimum absolute atomic E-state index is 0.00906. The van der Waals surface area contributed by atoms with Crippen molar-refractivity contribution in [2.24, 2.45) is 11.8 Å². The normalized spacial score (nSPS) is 19.8. The lowest BCUT2D eigenvalue weighted by Gasteiger charge is -2.33. The number of hydrogen-bond donors (Lipinski definition) is 2. The van der Waals surface area contributed by atoms with Crippen LogP contribution in [-0.2, 0) is 20.8 Å². The molecule has 0 spiro atoms. The molecular formula is C32H40N4O4. The zero-order valence-corrected chi connectivity index (χ0v) is 23.2. The molecule has 3 fully saturated rings. The van der Waals surface area contributed by atoms with Crippen LogP contribution in [0.3, 0.4) is 0 Å². The summed E-state index contributed by atoms with van der Waals surface area (Å²) in [7, 11) is 0. The zero-order valence-electron chi connectivity index (χ0n) is 23.2. The van der Waals surface area contributed by atoms with Crippen molar-refractivity contribution in [1.29, 1.82) is 0 Å². The lowest BCUT2D eigenvalue weighted by atomic mass is 9.95. The van der Waals surface area contributed by atoms with Crippen molar-refractivity contribution in [3.63, 3.8) is 0 Å². The summed E-state index contributed by atoms with van der Waals surface area (Å²) in [4.78, 5) is 55.1. The average Bonchev–Trinajstić information content (AvgIpc) is 3.53. The van der Waals surface area contributed by atoms with Gasteiger partial charge in [0.1, 0.15) is 0 Å². The smallest absolute Gasteiger partial charge is 0.253 e. The molecule has 2 aromatic rings. The van der Waals surface area contributed by atoms with Gasteiger partial charge in [0, 0.05) is 49.0 Å². The molecule has 4 amide bonds. The third-order valence-corrected chi connectivity index (χ3v) is 8.43. The third kappa shape index (κ3) is 7.09. The van der Waals surface area contributed by atoms with Gasteiger partial charge in [0.05, 0.1) is 12.3 Å². The van der Waals surface area contributed by atoms with Gasteiger partial charge in [-0.15, -0.1) is 0 Å². The van der Waals surface area contributed by atoms with E-state index in [2.05, 4.69) is 10.6 Å². The van der Waals surface area contributed by atoms with Gasteiger partial charge in [0.15, 0.2) is 0 Å². The molecule has 1 unspecified atom stereocenters. The summed E-state index contributed by atoms with van der Waals surface area (Å²) in [5.74, 6) is -0.0746. The van der Waals surface area contributed by atoms with Crippen LogP contribution in [-0.4, -0.2) is 59.6 Å². The molecule has 5 rings (SSSR count). The number of anilines is 2. The molecule has 0 bridgehead atoms. The van der Waals surface area contributed by atoms with Crippen molar-refractivity contribution < 1.29 is 19.2 Å². The molecule has 2 saturated heterocycles. The molecule has 3 aliphatic rings. The molecule has 212 valence electrons. The lowest BCUT2D eigenvalue weighted by Crippen LogP contribution is -2.45. The molecule has 1 atom stereocenters. The minimum Gasteiger partial charge on any atom is -0.342 e. The number of carbonyl (C=O) groups is 4. The van der Waals surface area contributed by atoms with Crippen molar-refractivity contribution in [1.82, 2.24) is 9.80 Å². The molecule has 1 aliphatic carbocycles. The fourth-order valence-electron chi connectivity index (χ4n) is 6.17. The van der Waals surface area contributed by atoms with Gasteiger partial charge in [-0.1, -0.05) is 31.0 Å². The van der Waals surface area contributed by atoms with E-state index in [9.17, 15) is 19.2 Å². The van der Waals surface area contributed by atoms with Crippen LogP contribution in [0.2, 0.25) is 0 Å². The average molecular weight is 545 g/mol. The van der Waals surface area contributed by atoms with E-state index in [1.165, 1.54) is 0 Å². The van der Waals surface area contributed by atoms with E-state index in [0.717, 1.165) is 83.0 Å². The van der Waals surface area contributed by atoms with Gasteiger partial charge in [-0.2, -0.15) is 0 Å². The first-order chi connectivity index (χ1) is 19.5. The topological polar surface area (TPSA) is 98.8 Å². The van der Waals surface area contributed by atoms with Gasteiger partial charge >= 0.3 is 0 Å². The van der Waals surface area contributed by atoms with Crippen LogP contribution in [0.15, 0.2) is 48.5 Å². The predicted molar refractivity (Wildman–Crippen MR) is 155 cm³/mol. The van der Waals surface area contributed by atoms with E-state index < -0.39 is 0 Å². The Morgan fingerprint density at radius 3 is 2.15 bits per heavy atom. The summed E-state index contributed by atoms with van der Waals surface area (Å²) in [5.41, 5.74) is 2.69. The van der Waals surface area contributed by atoms with Gasteiger partial charge in [-0.05, 0) is 80.8 Å². The molecule has 2 aliphatic heterocycles. The maximum absolute atomic E-state index is 13.0. The van der Waals surface area contributed by atoms with Crippen LogP contribution in [0.1, 0.15) is 73.7 Å². The zero-order chi connectivity index (χ0) is 27.9. The van der Waals surface area contributed by atoms with E-state index >= 15 is 0 Å². The second kappa shape index (κ2) is 13.1. The molecule has 2 heterocycles. The maximum Gasteiger partial charge on any atom is 0.253 e. The summed E-state index contributed by atoms with van der Waals surface area (Å²) < 4.78 is 0. The maximum atomic E-state index is 13.0. The Morgan fingerprint density at radius 1 is 0.700 bits per heavy atom. The highest BCUT2D eigenvalue weighted by Gasteiger charge is 2.33.